The molecule has 1 saturated heterocycles. The van der Waals surface area contributed by atoms with Gasteiger partial charge in [-0.25, -0.2) is 0 Å². The van der Waals surface area contributed by atoms with E-state index in [9.17, 15) is 8.42 Å². The Morgan fingerprint density at radius 1 is 1.26 bits per heavy atom. The molecule has 0 radical (unpaired) electrons. The summed E-state index contributed by atoms with van der Waals surface area (Å²) in [6.45, 7) is 3.03. The normalized spacial score (nSPS) is 18.0. The lowest BCUT2D eigenvalue weighted by atomic mass is 10.2. The van der Waals surface area contributed by atoms with Crippen molar-refractivity contribution in [1.29, 1.82) is 0 Å². The summed E-state index contributed by atoms with van der Waals surface area (Å²) in [5.41, 5.74) is 13.0. The van der Waals surface area contributed by atoms with E-state index in [2.05, 4.69) is 14.7 Å². The number of nitrogens with zero attached hydrogens (tertiary/aromatic N) is 3. The number of anilines is 1. The predicted molar refractivity (Wildman–Crippen MR) is 89.4 cm³/mol. The van der Waals surface area contributed by atoms with Crippen molar-refractivity contribution in [1.82, 2.24) is 4.31 Å². The summed E-state index contributed by atoms with van der Waals surface area (Å²) in [5, 5.41) is 2.84. The van der Waals surface area contributed by atoms with E-state index in [1.165, 1.54) is 4.31 Å². The topological polar surface area (TPSA) is 135 Å². The number of benzene rings is 1. The van der Waals surface area contributed by atoms with E-state index in [4.69, 9.17) is 16.2 Å². The smallest absolute Gasteiger partial charge is 0.325 e. The Bertz CT molecular complexity index is 710. The summed E-state index contributed by atoms with van der Waals surface area (Å²) < 4.78 is 33.9. The van der Waals surface area contributed by atoms with E-state index in [-0.39, 0.29) is 19.0 Å². The first kappa shape index (κ1) is 17.2. The first-order valence-electron chi connectivity index (χ1n) is 6.98. The summed E-state index contributed by atoms with van der Waals surface area (Å²) >= 11 is 0. The standard InChI is InChI=1S/C13H20N6O3S/c1-10-4-2-3-5-11(10)16-12(14)17-13(15)18-23(20,21)19-6-8-22-9-7-19/h2-5H,6-9H2,1H3,(H5,14,15,16,17,18). The van der Waals surface area contributed by atoms with Crippen molar-refractivity contribution in [2.75, 3.05) is 31.6 Å². The first-order chi connectivity index (χ1) is 10.9. The predicted octanol–water partition coefficient (Wildman–Crippen LogP) is -0.387. The molecule has 23 heavy (non-hydrogen) atoms. The molecule has 0 amide bonds. The van der Waals surface area contributed by atoms with Crippen LogP contribution in [0.4, 0.5) is 5.69 Å². The van der Waals surface area contributed by atoms with Gasteiger partial charge in [-0.3, -0.25) is 0 Å². The molecular weight excluding hydrogens is 320 g/mol. The largest absolute Gasteiger partial charge is 0.379 e. The van der Waals surface area contributed by atoms with Crippen molar-refractivity contribution in [2.45, 2.75) is 6.92 Å². The van der Waals surface area contributed by atoms with Crippen molar-refractivity contribution < 1.29 is 13.2 Å². The minimum Gasteiger partial charge on any atom is -0.379 e. The van der Waals surface area contributed by atoms with E-state index < -0.39 is 16.2 Å². The summed E-state index contributed by atoms with van der Waals surface area (Å²) in [4.78, 5) is 3.77. The van der Waals surface area contributed by atoms with E-state index in [0.717, 1.165) is 11.3 Å². The number of nitrogens with two attached hydrogens (primary N) is 2. The summed E-state index contributed by atoms with van der Waals surface area (Å²) in [7, 11) is -3.88. The fourth-order valence-electron chi connectivity index (χ4n) is 1.98. The zero-order valence-electron chi connectivity index (χ0n) is 12.8. The summed E-state index contributed by atoms with van der Waals surface area (Å²) in [6, 6.07) is 7.44. The summed E-state index contributed by atoms with van der Waals surface area (Å²) in [5.74, 6) is -0.479. The van der Waals surface area contributed by atoms with Crippen LogP contribution >= 0.6 is 0 Å². The van der Waals surface area contributed by atoms with Gasteiger partial charge in [-0.2, -0.15) is 17.7 Å². The Balaban J connectivity index is 2.09. The number of rotatable bonds is 3. The molecule has 1 heterocycles. The highest BCUT2D eigenvalue weighted by molar-refractivity contribution is 7.87. The van der Waals surface area contributed by atoms with Crippen molar-refractivity contribution >= 4 is 27.8 Å². The van der Waals surface area contributed by atoms with Crippen LogP contribution in [0.5, 0.6) is 0 Å². The van der Waals surface area contributed by atoms with Crippen LogP contribution in [0.2, 0.25) is 0 Å². The van der Waals surface area contributed by atoms with Crippen LogP contribution in [-0.4, -0.2) is 50.9 Å². The van der Waals surface area contributed by atoms with Crippen molar-refractivity contribution in [3.8, 4) is 0 Å². The van der Waals surface area contributed by atoms with E-state index in [0.29, 0.717) is 13.2 Å². The Morgan fingerprint density at radius 2 is 1.91 bits per heavy atom. The summed E-state index contributed by atoms with van der Waals surface area (Å²) in [6.07, 6.45) is 0. The molecule has 0 atom stereocenters. The third-order valence-corrected chi connectivity index (χ3v) is 4.58. The highest BCUT2D eigenvalue weighted by Crippen LogP contribution is 2.12. The monoisotopic (exact) mass is 340 g/mol. The van der Waals surface area contributed by atoms with Crippen LogP contribution in [-0.2, 0) is 14.9 Å². The Morgan fingerprint density at radius 3 is 2.57 bits per heavy atom. The molecule has 126 valence electrons. The number of guanidine groups is 2. The number of para-hydroxylation sites is 1. The number of aliphatic imine (C=N–C) groups is 1. The van der Waals surface area contributed by atoms with Gasteiger partial charge >= 0.3 is 10.2 Å². The third kappa shape index (κ3) is 4.91. The molecule has 1 aliphatic heterocycles. The van der Waals surface area contributed by atoms with E-state index in [1.807, 2.05) is 31.2 Å². The van der Waals surface area contributed by atoms with Gasteiger partial charge in [0.2, 0.25) is 11.9 Å². The number of ether oxygens (including phenoxy) is 1. The highest BCUT2D eigenvalue weighted by atomic mass is 32.2. The fourth-order valence-corrected chi connectivity index (χ4v) is 2.98. The Hall–Kier alpha value is -2.17. The molecule has 9 nitrogen and oxygen atoms in total. The van der Waals surface area contributed by atoms with Gasteiger partial charge in [0.15, 0.2) is 0 Å². The van der Waals surface area contributed by atoms with Crippen LogP contribution in [0.15, 0.2) is 33.7 Å². The molecule has 1 aliphatic rings. The average Bonchev–Trinajstić information content (AvgIpc) is 2.50. The van der Waals surface area contributed by atoms with Crippen molar-refractivity contribution in [3.05, 3.63) is 29.8 Å². The lowest BCUT2D eigenvalue weighted by Gasteiger charge is -2.23. The Labute approximate surface area is 135 Å². The Kier molecular flexibility index (Phi) is 5.53. The molecular formula is C13H20N6O3S. The minimum absolute atomic E-state index is 0.0438. The zero-order valence-corrected chi connectivity index (χ0v) is 13.6. The van der Waals surface area contributed by atoms with Gasteiger partial charge < -0.3 is 21.5 Å². The minimum atomic E-state index is -3.88. The lowest BCUT2D eigenvalue weighted by Crippen LogP contribution is -2.40. The number of aryl methyl sites for hydroxylation is 1. The molecule has 0 unspecified atom stereocenters. The molecule has 1 aromatic carbocycles. The highest BCUT2D eigenvalue weighted by Gasteiger charge is 2.23. The molecule has 0 bridgehead atoms. The first-order valence-corrected chi connectivity index (χ1v) is 8.38. The van der Waals surface area contributed by atoms with Gasteiger partial charge in [-0.05, 0) is 18.6 Å². The molecule has 10 heteroatoms. The molecule has 1 aromatic rings. The van der Waals surface area contributed by atoms with E-state index >= 15 is 0 Å². The number of nitrogens with one attached hydrogen (secondary N) is 1. The fraction of sp³-hybridized carbons (Fsp3) is 0.385. The van der Waals surface area contributed by atoms with Gasteiger partial charge in [0.1, 0.15) is 0 Å². The molecule has 2 rings (SSSR count). The van der Waals surface area contributed by atoms with Crippen LogP contribution in [0, 0.1) is 6.92 Å². The second-order valence-corrected chi connectivity index (χ2v) is 6.47. The molecule has 0 aliphatic carbocycles. The van der Waals surface area contributed by atoms with Gasteiger partial charge in [-0.1, -0.05) is 18.2 Å². The van der Waals surface area contributed by atoms with Gasteiger partial charge in [0.25, 0.3) is 0 Å². The third-order valence-electron chi connectivity index (χ3n) is 3.15. The van der Waals surface area contributed by atoms with Crippen LogP contribution in [0.25, 0.3) is 0 Å². The maximum absolute atomic E-state index is 12.1. The number of hydrogen-bond donors (Lipinski definition) is 3. The maximum atomic E-state index is 12.1. The zero-order chi connectivity index (χ0) is 16.9. The van der Waals surface area contributed by atoms with Gasteiger partial charge in [-0.15, -0.1) is 4.40 Å². The van der Waals surface area contributed by atoms with Gasteiger partial charge in [0, 0.05) is 18.8 Å². The lowest BCUT2D eigenvalue weighted by molar-refractivity contribution is 0.0731. The molecule has 5 N–H and O–H groups in total. The van der Waals surface area contributed by atoms with Crippen LogP contribution < -0.4 is 16.8 Å². The van der Waals surface area contributed by atoms with E-state index in [1.54, 1.807) is 0 Å². The second-order valence-electron chi connectivity index (χ2n) is 4.88. The molecule has 1 fully saturated rings. The molecule has 0 aromatic heterocycles. The quantitative estimate of drug-likeness (QED) is 0.507. The average molecular weight is 340 g/mol. The SMILES string of the molecule is Cc1ccccc1N/C(N)=N/C(N)=N/S(=O)(=O)N1CCOCC1. The van der Waals surface area contributed by atoms with Gasteiger partial charge in [0.05, 0.1) is 13.2 Å². The maximum Gasteiger partial charge on any atom is 0.325 e. The number of hydrogen-bond acceptors (Lipinski definition) is 3. The van der Waals surface area contributed by atoms with Crippen molar-refractivity contribution in [2.24, 2.45) is 20.9 Å². The van der Waals surface area contributed by atoms with Crippen molar-refractivity contribution in [3.63, 3.8) is 0 Å². The molecule has 0 spiro atoms. The van der Waals surface area contributed by atoms with Crippen LogP contribution in [0.1, 0.15) is 5.56 Å². The van der Waals surface area contributed by atoms with Crippen LogP contribution in [0.3, 0.4) is 0 Å². The molecule has 0 saturated carbocycles. The second kappa shape index (κ2) is 7.40. The number of morpholine rings is 1.